The minimum atomic E-state index is -4.92. The molecule has 230 valence electrons. The smallest absolute Gasteiger partial charge is 0.308 e. The highest BCUT2D eigenvalue weighted by Crippen LogP contribution is 2.38. The lowest BCUT2D eigenvalue weighted by atomic mass is 9.84. The molecular weight excluding hydrogens is 581 g/mol. The average molecular weight is 611 g/mol. The Balaban J connectivity index is 1.39. The van der Waals surface area contributed by atoms with Gasteiger partial charge in [0.1, 0.15) is 5.69 Å². The summed E-state index contributed by atoms with van der Waals surface area (Å²) in [6.45, 7) is 0.0205. The molecule has 4 aromatic rings. The van der Waals surface area contributed by atoms with Gasteiger partial charge in [0.2, 0.25) is 0 Å². The molecule has 12 nitrogen and oxygen atoms in total. The quantitative estimate of drug-likeness (QED) is 0.145. The van der Waals surface area contributed by atoms with E-state index < -0.39 is 34.6 Å². The predicted molar refractivity (Wildman–Crippen MR) is 154 cm³/mol. The van der Waals surface area contributed by atoms with Gasteiger partial charge in [-0.2, -0.15) is 18.4 Å². The molecule has 3 amide bonds. The van der Waals surface area contributed by atoms with E-state index in [-0.39, 0.29) is 18.2 Å². The monoisotopic (exact) mass is 610 g/mol. The van der Waals surface area contributed by atoms with Crippen LogP contribution in [0.5, 0.6) is 0 Å². The molecule has 5 N–H and O–H groups in total. The molecular formula is C29H29F3N8O4. The molecule has 15 heteroatoms. The van der Waals surface area contributed by atoms with E-state index >= 15 is 0 Å². The third-order valence-corrected chi connectivity index (χ3v) is 7.42. The normalized spacial score (nSPS) is 13.8. The van der Waals surface area contributed by atoms with Gasteiger partial charge in [-0.25, -0.2) is 4.79 Å². The highest BCUT2D eigenvalue weighted by molar-refractivity contribution is 6.03. The summed E-state index contributed by atoms with van der Waals surface area (Å²) in [5.74, 6) is -0.0341. The number of amides is 3. The number of H-pyrrole nitrogens is 1. The van der Waals surface area contributed by atoms with Gasteiger partial charge in [-0.05, 0) is 77.6 Å². The summed E-state index contributed by atoms with van der Waals surface area (Å²) < 4.78 is 40.8. The maximum absolute atomic E-state index is 13.6. The van der Waals surface area contributed by atoms with Crippen LogP contribution in [0, 0.1) is 0 Å². The first kappa shape index (κ1) is 30.4. The number of benzene rings is 3. The number of tetrazole rings is 1. The van der Waals surface area contributed by atoms with Gasteiger partial charge in [-0.1, -0.05) is 48.6 Å². The Kier molecular flexibility index (Phi) is 9.06. The highest BCUT2D eigenvalue weighted by atomic mass is 19.4. The van der Waals surface area contributed by atoms with Crippen molar-refractivity contribution in [3.05, 3.63) is 89.0 Å². The number of anilines is 4. The van der Waals surface area contributed by atoms with E-state index in [4.69, 9.17) is 0 Å². The van der Waals surface area contributed by atoms with Gasteiger partial charge < -0.3 is 5.32 Å². The van der Waals surface area contributed by atoms with Gasteiger partial charge in [0.15, 0.2) is 0 Å². The van der Waals surface area contributed by atoms with E-state index in [1.54, 1.807) is 36.4 Å². The van der Waals surface area contributed by atoms with Gasteiger partial charge in [0.25, 0.3) is 11.9 Å². The lowest BCUT2D eigenvalue weighted by Crippen LogP contribution is -2.34. The summed E-state index contributed by atoms with van der Waals surface area (Å²) in [5, 5.41) is 35.8. The molecule has 1 fully saturated rings. The Morgan fingerprint density at radius 2 is 1.64 bits per heavy atom. The lowest BCUT2D eigenvalue weighted by Gasteiger charge is -2.26. The largest absolute Gasteiger partial charge is 0.418 e. The van der Waals surface area contributed by atoms with Crippen molar-refractivity contribution in [3.8, 4) is 0 Å². The Bertz CT molecular complexity index is 1570. The molecule has 0 atom stereocenters. The van der Waals surface area contributed by atoms with Crippen molar-refractivity contribution in [1.82, 2.24) is 20.6 Å². The van der Waals surface area contributed by atoms with Crippen LogP contribution >= 0.6 is 0 Å². The van der Waals surface area contributed by atoms with Gasteiger partial charge in [-0.3, -0.25) is 25.4 Å². The van der Waals surface area contributed by atoms with Crippen LogP contribution in [0.2, 0.25) is 0 Å². The van der Waals surface area contributed by atoms with Crippen LogP contribution in [0.4, 0.5) is 41.0 Å². The van der Waals surface area contributed by atoms with Crippen molar-refractivity contribution >= 4 is 34.9 Å². The standard InChI is InChI=1S/C29H29F3N8O4/c30-29(31,32)24-16-22(12-15-25(24)40(43)44)33-28(42)39(23-13-10-20(11-14-23)19-4-2-1-3-5-19)17-18-6-8-21(9-7-18)26(41)34-27-35-37-38-36-27/h6-16,19,43-44H,1-5,17H2,(H,33,42)(H2,34,35,36,37,38,41). The minimum Gasteiger partial charge on any atom is -0.308 e. The van der Waals surface area contributed by atoms with Crippen LogP contribution in [-0.4, -0.2) is 43.0 Å². The highest BCUT2D eigenvalue weighted by Gasteiger charge is 2.35. The van der Waals surface area contributed by atoms with E-state index in [1.165, 1.54) is 11.3 Å². The van der Waals surface area contributed by atoms with E-state index in [2.05, 4.69) is 31.3 Å². The molecule has 0 aliphatic heterocycles. The van der Waals surface area contributed by atoms with Crippen molar-refractivity contribution < 1.29 is 33.2 Å². The second-order valence-electron chi connectivity index (χ2n) is 10.3. The number of hydrogen-bond donors (Lipinski definition) is 5. The van der Waals surface area contributed by atoms with E-state index in [0.717, 1.165) is 43.4 Å². The molecule has 0 unspecified atom stereocenters. The number of carbonyl (C=O) groups excluding carboxylic acids is 2. The zero-order chi connectivity index (χ0) is 31.3. The molecule has 1 aliphatic carbocycles. The van der Waals surface area contributed by atoms with Crippen LogP contribution < -0.4 is 20.8 Å². The molecule has 1 saturated carbocycles. The molecule has 5 rings (SSSR count). The van der Waals surface area contributed by atoms with Crippen LogP contribution in [0.15, 0.2) is 66.7 Å². The van der Waals surface area contributed by atoms with Gasteiger partial charge >= 0.3 is 12.2 Å². The van der Waals surface area contributed by atoms with Crippen molar-refractivity contribution in [1.29, 1.82) is 0 Å². The topological polar surface area (TPSA) is 160 Å². The van der Waals surface area contributed by atoms with Gasteiger partial charge in [0, 0.05) is 16.9 Å². The Hall–Kier alpha value is -5.02. The summed E-state index contributed by atoms with van der Waals surface area (Å²) in [6, 6.07) is 15.8. The number of aromatic nitrogens is 4. The molecule has 1 aliphatic rings. The number of halogens is 3. The molecule has 0 saturated heterocycles. The molecule has 1 heterocycles. The maximum atomic E-state index is 13.6. The minimum absolute atomic E-state index is 0.00555. The van der Waals surface area contributed by atoms with Crippen LogP contribution in [0.25, 0.3) is 0 Å². The number of aromatic amines is 1. The summed E-state index contributed by atoms with van der Waals surface area (Å²) >= 11 is 0. The summed E-state index contributed by atoms with van der Waals surface area (Å²) in [7, 11) is 0. The Morgan fingerprint density at radius 3 is 2.25 bits per heavy atom. The van der Waals surface area contributed by atoms with Crippen LogP contribution in [0.3, 0.4) is 0 Å². The number of urea groups is 1. The first-order valence-corrected chi connectivity index (χ1v) is 13.8. The van der Waals surface area contributed by atoms with Crippen molar-refractivity contribution in [2.45, 2.75) is 50.7 Å². The fourth-order valence-corrected chi connectivity index (χ4v) is 5.18. The van der Waals surface area contributed by atoms with Crippen molar-refractivity contribution in [2.75, 3.05) is 20.8 Å². The molecule has 44 heavy (non-hydrogen) atoms. The second kappa shape index (κ2) is 13.1. The number of alkyl halides is 3. The maximum Gasteiger partial charge on any atom is 0.418 e. The fourth-order valence-electron chi connectivity index (χ4n) is 5.18. The number of nitrogens with one attached hydrogen (secondary N) is 3. The lowest BCUT2D eigenvalue weighted by molar-refractivity contribution is -0.138. The number of rotatable bonds is 8. The third-order valence-electron chi connectivity index (χ3n) is 7.42. The first-order chi connectivity index (χ1) is 21.1. The van der Waals surface area contributed by atoms with Crippen molar-refractivity contribution in [3.63, 3.8) is 0 Å². The van der Waals surface area contributed by atoms with Crippen LogP contribution in [-0.2, 0) is 12.7 Å². The number of nitrogens with zero attached hydrogens (tertiary/aromatic N) is 5. The molecule has 0 spiro atoms. The van der Waals surface area contributed by atoms with E-state index in [0.29, 0.717) is 28.8 Å². The zero-order valence-electron chi connectivity index (χ0n) is 23.3. The van der Waals surface area contributed by atoms with Crippen LogP contribution in [0.1, 0.15) is 65.1 Å². The second-order valence-corrected chi connectivity index (χ2v) is 10.3. The fraction of sp³-hybridized carbons (Fsp3) is 0.276. The third kappa shape index (κ3) is 7.30. The first-order valence-electron chi connectivity index (χ1n) is 13.8. The van der Waals surface area contributed by atoms with E-state index in [1.807, 2.05) is 12.1 Å². The summed E-state index contributed by atoms with van der Waals surface area (Å²) in [6.07, 6.45) is 0.790. The van der Waals surface area contributed by atoms with Gasteiger partial charge in [-0.15, -0.1) is 10.3 Å². The average Bonchev–Trinajstić information content (AvgIpc) is 3.53. The molecule has 3 aromatic carbocycles. The number of hydrogen-bond acceptors (Lipinski definition) is 8. The predicted octanol–water partition coefficient (Wildman–Crippen LogP) is 6.34. The van der Waals surface area contributed by atoms with Gasteiger partial charge in [0.05, 0.1) is 12.1 Å². The Morgan fingerprint density at radius 1 is 0.932 bits per heavy atom. The zero-order valence-corrected chi connectivity index (χ0v) is 23.3. The van der Waals surface area contributed by atoms with E-state index in [9.17, 15) is 33.2 Å². The summed E-state index contributed by atoms with van der Waals surface area (Å²) in [4.78, 5) is 27.4. The molecule has 0 radical (unpaired) electrons. The summed E-state index contributed by atoms with van der Waals surface area (Å²) in [5.41, 5.74) is 0.153. The number of carbonyl (C=O) groups is 2. The molecule has 1 aromatic heterocycles. The van der Waals surface area contributed by atoms with Crippen molar-refractivity contribution in [2.24, 2.45) is 0 Å². The SMILES string of the molecule is O=C(Nc1nn[nH]n1)c1ccc(CN(C(=O)Nc2ccc(N(O)O)c(C(F)(F)F)c2)c2ccc(C3CCCCC3)cc2)cc1. The molecule has 0 bridgehead atoms. The Labute approximate surface area is 249 Å².